The van der Waals surface area contributed by atoms with Crippen LogP contribution in [0.4, 0.5) is 5.69 Å². The van der Waals surface area contributed by atoms with E-state index in [0.717, 1.165) is 16.3 Å². The summed E-state index contributed by atoms with van der Waals surface area (Å²) in [6.45, 7) is 2.03. The predicted molar refractivity (Wildman–Crippen MR) is 115 cm³/mol. The summed E-state index contributed by atoms with van der Waals surface area (Å²) in [7, 11) is 1.65. The quantitative estimate of drug-likeness (QED) is 0.678. The lowest BCUT2D eigenvalue weighted by Gasteiger charge is -2.40. The van der Waals surface area contributed by atoms with E-state index in [1.54, 1.807) is 7.05 Å². The number of hydrogen-bond donors (Lipinski definition) is 3. The summed E-state index contributed by atoms with van der Waals surface area (Å²) in [6.07, 6.45) is 4.95. The van der Waals surface area contributed by atoms with Crippen LogP contribution in [0, 0.1) is 11.3 Å². The summed E-state index contributed by atoms with van der Waals surface area (Å²) >= 11 is 3.71. The van der Waals surface area contributed by atoms with Crippen molar-refractivity contribution in [3.63, 3.8) is 0 Å². The molecule has 142 valence electrons. The Bertz CT molecular complexity index is 832. The van der Waals surface area contributed by atoms with Gasteiger partial charge in [-0.2, -0.15) is 0 Å². The van der Waals surface area contributed by atoms with Crippen molar-refractivity contribution in [1.29, 1.82) is 5.41 Å². The third-order valence-electron chi connectivity index (χ3n) is 5.53. The summed E-state index contributed by atoms with van der Waals surface area (Å²) in [5.41, 5.74) is 7.50. The molecule has 3 heterocycles. The van der Waals surface area contributed by atoms with Gasteiger partial charge in [-0.1, -0.05) is 24.3 Å². The molecular weight excluding hydrogens is 376 g/mol. The van der Waals surface area contributed by atoms with Gasteiger partial charge in [-0.25, -0.2) is 0 Å². The van der Waals surface area contributed by atoms with Gasteiger partial charge in [0.2, 0.25) is 5.91 Å². The first kappa shape index (κ1) is 18.5. The molecule has 1 amide bonds. The van der Waals surface area contributed by atoms with Crippen molar-refractivity contribution < 1.29 is 4.79 Å². The number of anilines is 1. The van der Waals surface area contributed by atoms with E-state index in [1.165, 1.54) is 10.5 Å². The highest BCUT2D eigenvalue weighted by Crippen LogP contribution is 2.52. The molecule has 0 aliphatic carbocycles. The Balaban J connectivity index is 1.69. The number of carbonyl (C=O) groups excluding carboxylic acids is 1. The second-order valence-corrected chi connectivity index (χ2v) is 9.73. The Morgan fingerprint density at radius 3 is 2.89 bits per heavy atom. The van der Waals surface area contributed by atoms with Crippen molar-refractivity contribution in [3.8, 4) is 0 Å². The first-order valence-corrected chi connectivity index (χ1v) is 11.0. The fourth-order valence-electron chi connectivity index (χ4n) is 3.90. The van der Waals surface area contributed by atoms with Crippen LogP contribution in [-0.2, 0) is 4.79 Å². The second kappa shape index (κ2) is 6.95. The fourth-order valence-corrected chi connectivity index (χ4v) is 6.64. The number of benzene rings is 1. The molecule has 3 aliphatic heterocycles. The highest BCUT2D eigenvalue weighted by atomic mass is 32.2. The zero-order valence-corrected chi connectivity index (χ0v) is 17.1. The Morgan fingerprint density at radius 1 is 1.41 bits per heavy atom. The van der Waals surface area contributed by atoms with Crippen LogP contribution >= 0.6 is 23.5 Å². The summed E-state index contributed by atoms with van der Waals surface area (Å²) in [6, 6.07) is 8.11. The topological polar surface area (TPSA) is 82.2 Å². The van der Waals surface area contributed by atoms with E-state index >= 15 is 0 Å². The largest absolute Gasteiger partial charge is 0.399 e. The standard InChI is InChI=1S/C20H24N4OS2/c1-20(10-17(25)24(2)19(22)23-20)16-9-15(12-4-3-5-14(21)8-12)18(27-16)13-6-7-26-11-13/h3-9,13,15,18H,10-11,21H2,1-2H3,(H2,22,23)/t13?,15?,18?,20-/m0/s1. The summed E-state index contributed by atoms with van der Waals surface area (Å²) in [5.74, 6) is 1.94. The first-order valence-electron chi connectivity index (χ1n) is 9.03. The summed E-state index contributed by atoms with van der Waals surface area (Å²) < 4.78 is 0. The van der Waals surface area contributed by atoms with E-state index in [4.69, 9.17) is 11.1 Å². The molecule has 0 radical (unpaired) electrons. The Labute approximate surface area is 168 Å². The molecule has 0 spiro atoms. The van der Waals surface area contributed by atoms with E-state index in [0.29, 0.717) is 17.6 Å². The lowest BCUT2D eigenvalue weighted by Crippen LogP contribution is -2.60. The van der Waals surface area contributed by atoms with Crippen LogP contribution in [-0.4, -0.2) is 40.4 Å². The minimum Gasteiger partial charge on any atom is -0.399 e. The van der Waals surface area contributed by atoms with Crippen molar-refractivity contribution in [1.82, 2.24) is 10.2 Å². The maximum Gasteiger partial charge on any atom is 0.231 e. The maximum absolute atomic E-state index is 12.4. The SMILES string of the molecule is CN1C(=N)N[C@](C)(C2=CC(c3cccc(N)c3)C(C3C=CSC3)S2)CC1=O. The minimum absolute atomic E-state index is 0.0250. The molecule has 3 unspecified atom stereocenters. The molecule has 3 aliphatic rings. The molecule has 0 aromatic heterocycles. The molecule has 4 rings (SSSR count). The maximum atomic E-state index is 12.4. The highest BCUT2D eigenvalue weighted by Gasteiger charge is 2.45. The van der Waals surface area contributed by atoms with E-state index in [9.17, 15) is 4.79 Å². The number of nitrogen functional groups attached to an aromatic ring is 1. The minimum atomic E-state index is -0.534. The van der Waals surface area contributed by atoms with E-state index in [1.807, 2.05) is 42.6 Å². The van der Waals surface area contributed by atoms with Crippen LogP contribution in [0.25, 0.3) is 0 Å². The molecule has 1 aromatic carbocycles. The number of allylic oxidation sites excluding steroid dienone is 2. The van der Waals surface area contributed by atoms with Crippen LogP contribution in [0.15, 0.2) is 46.7 Å². The van der Waals surface area contributed by atoms with Gasteiger partial charge in [0, 0.05) is 40.5 Å². The van der Waals surface area contributed by atoms with Gasteiger partial charge in [0.05, 0.1) is 12.0 Å². The number of rotatable bonds is 3. The van der Waals surface area contributed by atoms with Gasteiger partial charge in [-0.15, -0.1) is 23.5 Å². The van der Waals surface area contributed by atoms with Crippen LogP contribution in [0.2, 0.25) is 0 Å². The molecule has 0 bridgehead atoms. The molecule has 27 heavy (non-hydrogen) atoms. The molecule has 7 heteroatoms. The van der Waals surface area contributed by atoms with Gasteiger partial charge >= 0.3 is 0 Å². The predicted octanol–water partition coefficient (Wildman–Crippen LogP) is 3.37. The number of hydrogen-bond acceptors (Lipinski definition) is 5. The smallest absolute Gasteiger partial charge is 0.231 e. The van der Waals surface area contributed by atoms with Crippen molar-refractivity contribution in [2.24, 2.45) is 5.92 Å². The molecular formula is C20H24N4OS2. The fraction of sp³-hybridized carbons (Fsp3) is 0.400. The average Bonchev–Trinajstić information content (AvgIpc) is 3.29. The molecule has 4 N–H and O–H groups in total. The Morgan fingerprint density at radius 2 is 2.22 bits per heavy atom. The van der Waals surface area contributed by atoms with Gasteiger partial charge in [0.25, 0.3) is 0 Å². The second-order valence-electron chi connectivity index (χ2n) is 7.57. The zero-order chi connectivity index (χ0) is 19.2. The van der Waals surface area contributed by atoms with Crippen molar-refractivity contribution >= 4 is 41.1 Å². The number of thioether (sulfide) groups is 2. The number of nitrogens with one attached hydrogen (secondary N) is 2. The van der Waals surface area contributed by atoms with Crippen LogP contribution < -0.4 is 11.1 Å². The van der Waals surface area contributed by atoms with E-state index < -0.39 is 5.54 Å². The van der Waals surface area contributed by atoms with Crippen LogP contribution in [0.3, 0.4) is 0 Å². The number of amides is 1. The molecule has 1 aromatic rings. The summed E-state index contributed by atoms with van der Waals surface area (Å²) in [5, 5.41) is 14.0. The number of nitrogens with zero attached hydrogens (tertiary/aromatic N) is 1. The first-order chi connectivity index (χ1) is 12.9. The third-order valence-corrected chi connectivity index (χ3v) is 8.21. The zero-order valence-electron chi connectivity index (χ0n) is 15.4. The lowest BCUT2D eigenvalue weighted by molar-refractivity contribution is -0.128. The average molecular weight is 401 g/mol. The van der Waals surface area contributed by atoms with Gasteiger partial charge in [0.15, 0.2) is 5.96 Å². The lowest BCUT2D eigenvalue weighted by atomic mass is 9.86. The van der Waals surface area contributed by atoms with Crippen molar-refractivity contribution in [3.05, 3.63) is 52.3 Å². The van der Waals surface area contributed by atoms with Gasteiger partial charge in [0.1, 0.15) is 0 Å². The molecule has 5 nitrogen and oxygen atoms in total. The Hall–Kier alpha value is -1.86. The normalized spacial score (nSPS) is 33.3. The van der Waals surface area contributed by atoms with E-state index in [-0.39, 0.29) is 17.8 Å². The molecule has 0 saturated carbocycles. The van der Waals surface area contributed by atoms with E-state index in [2.05, 4.69) is 35.0 Å². The van der Waals surface area contributed by atoms with Crippen molar-refractivity contribution in [2.75, 3.05) is 18.5 Å². The third kappa shape index (κ3) is 3.38. The highest BCUT2D eigenvalue weighted by molar-refractivity contribution is 8.04. The number of guanidine groups is 1. The van der Waals surface area contributed by atoms with Crippen LogP contribution in [0.1, 0.15) is 24.8 Å². The van der Waals surface area contributed by atoms with Gasteiger partial charge in [-0.3, -0.25) is 15.1 Å². The number of nitrogens with two attached hydrogens (primary N) is 1. The molecule has 1 saturated heterocycles. The van der Waals surface area contributed by atoms with Crippen LogP contribution in [0.5, 0.6) is 0 Å². The van der Waals surface area contributed by atoms with Crippen molar-refractivity contribution in [2.45, 2.75) is 30.1 Å². The molecule has 1 fully saturated rings. The monoisotopic (exact) mass is 400 g/mol. The number of carbonyl (C=O) groups is 1. The summed E-state index contributed by atoms with van der Waals surface area (Å²) in [4.78, 5) is 14.9. The molecule has 4 atom stereocenters. The van der Waals surface area contributed by atoms with Gasteiger partial charge in [-0.05, 0) is 30.0 Å². The Kier molecular flexibility index (Phi) is 4.76. The van der Waals surface area contributed by atoms with Gasteiger partial charge < -0.3 is 11.1 Å².